The van der Waals surface area contributed by atoms with Crippen molar-refractivity contribution < 1.29 is 0 Å². The lowest BCUT2D eigenvalue weighted by Crippen LogP contribution is -1.92. The highest BCUT2D eigenvalue weighted by Gasteiger charge is 2.06. The summed E-state index contributed by atoms with van der Waals surface area (Å²) in [6.45, 7) is 0. The Labute approximate surface area is 102 Å². The quantitative estimate of drug-likeness (QED) is 0.869. The number of nitrogens with zero attached hydrogens (tertiary/aromatic N) is 2. The van der Waals surface area contributed by atoms with Crippen LogP contribution in [0.3, 0.4) is 0 Å². The maximum atomic E-state index is 8.99. The second kappa shape index (κ2) is 4.33. The number of hydrogen-bond donors (Lipinski definition) is 1. The smallest absolute Gasteiger partial charge is 0.0998 e. The van der Waals surface area contributed by atoms with Crippen molar-refractivity contribution in [3.05, 3.63) is 46.6 Å². The lowest BCUT2D eigenvalue weighted by atomic mass is 10.0. The molecule has 0 atom stereocenters. The molecule has 0 bridgehead atoms. The molecule has 3 nitrogen and oxygen atoms in total. The van der Waals surface area contributed by atoms with Crippen LogP contribution in [-0.4, -0.2) is 4.98 Å². The van der Waals surface area contributed by atoms with E-state index in [1.165, 1.54) is 0 Å². The van der Waals surface area contributed by atoms with Gasteiger partial charge in [0.05, 0.1) is 21.8 Å². The lowest BCUT2D eigenvalue weighted by Gasteiger charge is -2.04. The maximum absolute atomic E-state index is 8.99. The van der Waals surface area contributed by atoms with Crippen molar-refractivity contribution in [2.75, 3.05) is 5.73 Å². The zero-order chi connectivity index (χ0) is 11.5. The average Bonchev–Trinajstić information content (AvgIpc) is 2.32. The minimum atomic E-state index is 0.594. The van der Waals surface area contributed by atoms with Gasteiger partial charge in [0.25, 0.3) is 0 Å². The van der Waals surface area contributed by atoms with Gasteiger partial charge in [0, 0.05) is 17.4 Å². The van der Waals surface area contributed by atoms with Crippen molar-refractivity contribution in [3.8, 4) is 17.3 Å². The molecule has 0 saturated heterocycles. The van der Waals surface area contributed by atoms with Crippen LogP contribution >= 0.6 is 15.9 Å². The van der Waals surface area contributed by atoms with Crippen LogP contribution < -0.4 is 5.73 Å². The molecular weight excluding hydrogens is 266 g/mol. The van der Waals surface area contributed by atoms with Gasteiger partial charge in [-0.2, -0.15) is 5.26 Å². The molecule has 0 amide bonds. The molecule has 1 aromatic heterocycles. The van der Waals surface area contributed by atoms with E-state index in [4.69, 9.17) is 11.0 Å². The average molecular weight is 274 g/mol. The Kier molecular flexibility index (Phi) is 2.88. The normalized spacial score (nSPS) is 9.75. The highest BCUT2D eigenvalue weighted by Crippen LogP contribution is 2.26. The number of halogens is 1. The third-order valence-electron chi connectivity index (χ3n) is 2.21. The van der Waals surface area contributed by atoms with Crippen molar-refractivity contribution in [1.82, 2.24) is 4.98 Å². The van der Waals surface area contributed by atoms with Crippen LogP contribution in [-0.2, 0) is 0 Å². The SMILES string of the molecule is N#Cc1ccccc1-c1cc(N)c(Br)cn1. The van der Waals surface area contributed by atoms with E-state index >= 15 is 0 Å². The fraction of sp³-hybridized carbons (Fsp3) is 0. The van der Waals surface area contributed by atoms with E-state index in [-0.39, 0.29) is 0 Å². The van der Waals surface area contributed by atoms with E-state index in [0.717, 1.165) is 10.0 Å². The molecule has 2 aromatic rings. The summed E-state index contributed by atoms with van der Waals surface area (Å²) in [5.74, 6) is 0. The molecule has 78 valence electrons. The van der Waals surface area contributed by atoms with Crippen LogP contribution in [0, 0.1) is 11.3 Å². The summed E-state index contributed by atoms with van der Waals surface area (Å²) in [5, 5.41) is 8.99. The predicted molar refractivity (Wildman–Crippen MR) is 66.5 cm³/mol. The summed E-state index contributed by atoms with van der Waals surface area (Å²) in [4.78, 5) is 4.24. The standard InChI is InChI=1S/C12H8BrN3/c13-10-7-16-12(5-11(10)15)9-4-2-1-3-8(9)6-14/h1-5,7H,(H2,15,16). The van der Waals surface area contributed by atoms with E-state index in [2.05, 4.69) is 27.0 Å². The summed E-state index contributed by atoms with van der Waals surface area (Å²) >= 11 is 3.28. The molecule has 0 aliphatic rings. The van der Waals surface area contributed by atoms with E-state index in [0.29, 0.717) is 16.9 Å². The van der Waals surface area contributed by atoms with Crippen molar-refractivity contribution in [3.63, 3.8) is 0 Å². The van der Waals surface area contributed by atoms with Gasteiger partial charge in [-0.05, 0) is 28.1 Å². The van der Waals surface area contributed by atoms with Crippen LogP contribution in [0.5, 0.6) is 0 Å². The van der Waals surface area contributed by atoms with Gasteiger partial charge < -0.3 is 5.73 Å². The highest BCUT2D eigenvalue weighted by atomic mass is 79.9. The molecule has 0 fully saturated rings. The number of nitrogen functional groups attached to an aromatic ring is 1. The Morgan fingerprint density at radius 1 is 1.31 bits per heavy atom. The van der Waals surface area contributed by atoms with Gasteiger partial charge >= 0.3 is 0 Å². The third-order valence-corrected chi connectivity index (χ3v) is 2.87. The van der Waals surface area contributed by atoms with Crippen LogP contribution in [0.4, 0.5) is 5.69 Å². The Morgan fingerprint density at radius 3 is 2.75 bits per heavy atom. The van der Waals surface area contributed by atoms with Crippen LogP contribution in [0.15, 0.2) is 41.0 Å². The summed E-state index contributed by atoms with van der Waals surface area (Å²) in [6.07, 6.45) is 1.64. The Morgan fingerprint density at radius 2 is 2.06 bits per heavy atom. The van der Waals surface area contributed by atoms with E-state index < -0.39 is 0 Å². The zero-order valence-corrected chi connectivity index (χ0v) is 9.90. The lowest BCUT2D eigenvalue weighted by molar-refractivity contribution is 1.30. The number of nitriles is 1. The molecule has 0 radical (unpaired) electrons. The van der Waals surface area contributed by atoms with Crippen molar-refractivity contribution in [2.24, 2.45) is 0 Å². The molecule has 0 aliphatic heterocycles. The number of anilines is 1. The molecule has 1 heterocycles. The van der Waals surface area contributed by atoms with Gasteiger partial charge in [-0.15, -0.1) is 0 Å². The summed E-state index contributed by atoms with van der Waals surface area (Å²) < 4.78 is 0.755. The molecule has 2 rings (SSSR count). The number of pyridine rings is 1. The van der Waals surface area contributed by atoms with Crippen molar-refractivity contribution in [1.29, 1.82) is 5.26 Å². The molecule has 0 unspecified atom stereocenters. The molecule has 0 aliphatic carbocycles. The first-order valence-electron chi connectivity index (χ1n) is 4.63. The van der Waals surface area contributed by atoms with Gasteiger partial charge in [-0.25, -0.2) is 0 Å². The van der Waals surface area contributed by atoms with Crippen molar-refractivity contribution in [2.45, 2.75) is 0 Å². The second-order valence-electron chi connectivity index (χ2n) is 3.25. The van der Waals surface area contributed by atoms with Crippen LogP contribution in [0.1, 0.15) is 5.56 Å². The molecule has 1 aromatic carbocycles. The monoisotopic (exact) mass is 273 g/mol. The topological polar surface area (TPSA) is 62.7 Å². The summed E-state index contributed by atoms with van der Waals surface area (Å²) in [7, 11) is 0. The fourth-order valence-corrected chi connectivity index (χ4v) is 1.62. The summed E-state index contributed by atoms with van der Waals surface area (Å²) in [6, 6.07) is 11.2. The first kappa shape index (κ1) is 10.7. The third kappa shape index (κ3) is 1.90. The largest absolute Gasteiger partial charge is 0.398 e. The number of aromatic nitrogens is 1. The maximum Gasteiger partial charge on any atom is 0.0998 e. The van der Waals surface area contributed by atoms with Crippen molar-refractivity contribution >= 4 is 21.6 Å². The second-order valence-corrected chi connectivity index (χ2v) is 4.10. The molecule has 0 saturated carbocycles. The van der Waals surface area contributed by atoms with E-state index in [9.17, 15) is 0 Å². The summed E-state index contributed by atoms with van der Waals surface area (Å²) in [5.41, 5.74) is 8.48. The molecule has 0 spiro atoms. The first-order chi connectivity index (χ1) is 7.72. The van der Waals surface area contributed by atoms with Crippen LogP contribution in [0.25, 0.3) is 11.3 Å². The first-order valence-corrected chi connectivity index (χ1v) is 5.42. The number of rotatable bonds is 1. The highest BCUT2D eigenvalue weighted by molar-refractivity contribution is 9.10. The molecule has 4 heteroatoms. The molecular formula is C12H8BrN3. The van der Waals surface area contributed by atoms with E-state index in [1.807, 2.05) is 18.2 Å². The molecule has 16 heavy (non-hydrogen) atoms. The number of benzene rings is 1. The minimum Gasteiger partial charge on any atom is -0.398 e. The number of nitrogens with two attached hydrogens (primary N) is 1. The fourth-order valence-electron chi connectivity index (χ4n) is 1.41. The van der Waals surface area contributed by atoms with E-state index in [1.54, 1.807) is 18.3 Å². The zero-order valence-electron chi connectivity index (χ0n) is 8.31. The van der Waals surface area contributed by atoms with Crippen LogP contribution in [0.2, 0.25) is 0 Å². The van der Waals surface area contributed by atoms with Gasteiger partial charge in [0.2, 0.25) is 0 Å². The van der Waals surface area contributed by atoms with Gasteiger partial charge in [0.1, 0.15) is 0 Å². The Hall–Kier alpha value is -1.86. The molecule has 2 N–H and O–H groups in total. The van der Waals surface area contributed by atoms with Gasteiger partial charge in [0.15, 0.2) is 0 Å². The number of hydrogen-bond acceptors (Lipinski definition) is 3. The Balaban J connectivity index is 2.60. The predicted octanol–water partition coefficient (Wildman–Crippen LogP) is 2.96. The van der Waals surface area contributed by atoms with Gasteiger partial charge in [-0.3, -0.25) is 4.98 Å². The minimum absolute atomic E-state index is 0.594. The Bertz CT molecular complexity index is 573. The van der Waals surface area contributed by atoms with Gasteiger partial charge in [-0.1, -0.05) is 18.2 Å².